The lowest BCUT2D eigenvalue weighted by molar-refractivity contribution is -0.384. The number of hydrogen-bond donors (Lipinski definition) is 2. The Balaban J connectivity index is 1.96. The van der Waals surface area contributed by atoms with Crippen LogP contribution in [0.5, 0.6) is 0 Å². The molecule has 1 atom stereocenters. The van der Waals surface area contributed by atoms with Gasteiger partial charge in [-0.05, 0) is 31.5 Å². The van der Waals surface area contributed by atoms with E-state index in [9.17, 15) is 10.1 Å². The van der Waals surface area contributed by atoms with Crippen molar-refractivity contribution in [1.82, 2.24) is 5.32 Å². The fourth-order valence-corrected chi connectivity index (χ4v) is 2.15. The molecule has 1 aliphatic rings. The van der Waals surface area contributed by atoms with E-state index in [1.54, 1.807) is 18.3 Å². The van der Waals surface area contributed by atoms with Crippen LogP contribution in [0.15, 0.2) is 30.5 Å². The van der Waals surface area contributed by atoms with Gasteiger partial charge in [0.05, 0.1) is 11.5 Å². The van der Waals surface area contributed by atoms with Gasteiger partial charge >= 0.3 is 0 Å². The van der Waals surface area contributed by atoms with Gasteiger partial charge in [-0.15, -0.1) is 0 Å². The minimum absolute atomic E-state index is 0.0276. The highest BCUT2D eigenvalue weighted by molar-refractivity contribution is 6.08. The second kappa shape index (κ2) is 6.67. The molecule has 1 aliphatic heterocycles. The van der Waals surface area contributed by atoms with Crippen molar-refractivity contribution in [3.05, 3.63) is 46.1 Å². The Kier molecular flexibility index (Phi) is 4.89. The number of hydrogen-bond acceptors (Lipinski definition) is 6. The first kappa shape index (κ1) is 16.1. The van der Waals surface area contributed by atoms with Gasteiger partial charge in [-0.1, -0.05) is 0 Å². The fourth-order valence-electron chi connectivity index (χ4n) is 2.15. The predicted octanol–water partition coefficient (Wildman–Crippen LogP) is 2.33. The standard InChI is InChI=1S/C15H19N3O4/c1-15(2)21-10-14(22-15)9-17-8-12(7-16)11-3-5-13(6-4-11)18(19)20/h3-8,14,16-17H,9-10H2,1-2H3/b12-8+,16-7?/t14-/m1/s1. The summed E-state index contributed by atoms with van der Waals surface area (Å²) in [5.74, 6) is -0.557. The van der Waals surface area contributed by atoms with E-state index in [0.29, 0.717) is 18.7 Å². The van der Waals surface area contributed by atoms with E-state index in [1.807, 2.05) is 13.8 Å². The molecule has 1 aromatic carbocycles. The van der Waals surface area contributed by atoms with Gasteiger partial charge in [0.1, 0.15) is 6.10 Å². The number of allylic oxidation sites excluding steroid dienone is 1. The maximum atomic E-state index is 10.6. The van der Waals surface area contributed by atoms with Gasteiger partial charge in [-0.3, -0.25) is 10.1 Å². The summed E-state index contributed by atoms with van der Waals surface area (Å²) < 4.78 is 11.1. The molecule has 22 heavy (non-hydrogen) atoms. The monoisotopic (exact) mass is 305 g/mol. The molecule has 1 saturated heterocycles. The SMILES string of the molecule is CC1(C)OC[C@@H](CN/C=C(\C=N)c2ccc([N+](=O)[O-])cc2)O1. The molecule has 0 aliphatic carbocycles. The smallest absolute Gasteiger partial charge is 0.269 e. The molecule has 0 bridgehead atoms. The Morgan fingerprint density at radius 2 is 2.18 bits per heavy atom. The minimum Gasteiger partial charge on any atom is -0.388 e. The van der Waals surface area contributed by atoms with Crippen LogP contribution in [0.4, 0.5) is 5.69 Å². The Morgan fingerprint density at radius 1 is 1.50 bits per heavy atom. The molecule has 0 aromatic heterocycles. The Morgan fingerprint density at radius 3 is 2.68 bits per heavy atom. The molecule has 0 unspecified atom stereocenters. The van der Waals surface area contributed by atoms with Gasteiger partial charge in [0.2, 0.25) is 0 Å². The molecule has 1 fully saturated rings. The van der Waals surface area contributed by atoms with Crippen LogP contribution in [0.1, 0.15) is 19.4 Å². The van der Waals surface area contributed by atoms with Gasteiger partial charge in [0.15, 0.2) is 5.79 Å². The maximum absolute atomic E-state index is 10.6. The molecule has 1 aromatic rings. The molecule has 0 spiro atoms. The van der Waals surface area contributed by atoms with E-state index in [1.165, 1.54) is 18.3 Å². The number of nitro benzene ring substituents is 1. The van der Waals surface area contributed by atoms with Crippen LogP contribution in [0.3, 0.4) is 0 Å². The predicted molar refractivity (Wildman–Crippen MR) is 82.8 cm³/mol. The first-order chi connectivity index (χ1) is 10.4. The normalized spacial score (nSPS) is 20.6. The summed E-state index contributed by atoms with van der Waals surface area (Å²) in [5, 5.41) is 21.2. The van der Waals surface area contributed by atoms with Crippen molar-refractivity contribution in [3.8, 4) is 0 Å². The third-order valence-corrected chi connectivity index (χ3v) is 3.24. The number of nitrogens with zero attached hydrogens (tertiary/aromatic N) is 1. The van der Waals surface area contributed by atoms with Gasteiger partial charge in [-0.25, -0.2) is 0 Å². The average Bonchev–Trinajstić information content (AvgIpc) is 2.83. The van der Waals surface area contributed by atoms with Crippen molar-refractivity contribution < 1.29 is 14.4 Å². The fraction of sp³-hybridized carbons (Fsp3) is 0.400. The van der Waals surface area contributed by atoms with Crippen LogP contribution in [-0.2, 0) is 9.47 Å². The maximum Gasteiger partial charge on any atom is 0.269 e. The first-order valence-electron chi connectivity index (χ1n) is 6.92. The Bertz CT molecular complexity index is 581. The van der Waals surface area contributed by atoms with Crippen LogP contribution in [0.25, 0.3) is 5.57 Å². The third-order valence-electron chi connectivity index (χ3n) is 3.24. The average molecular weight is 305 g/mol. The van der Waals surface area contributed by atoms with Gasteiger partial charge in [0, 0.05) is 36.7 Å². The molecule has 2 rings (SSSR count). The van der Waals surface area contributed by atoms with Crippen molar-refractivity contribution in [1.29, 1.82) is 5.41 Å². The second-order valence-electron chi connectivity index (χ2n) is 5.41. The van der Waals surface area contributed by atoms with Crippen LogP contribution in [0, 0.1) is 15.5 Å². The summed E-state index contributed by atoms with van der Waals surface area (Å²) >= 11 is 0. The number of rotatable bonds is 6. The zero-order valence-electron chi connectivity index (χ0n) is 12.5. The van der Waals surface area contributed by atoms with E-state index < -0.39 is 10.7 Å². The van der Waals surface area contributed by atoms with E-state index in [-0.39, 0.29) is 11.8 Å². The van der Waals surface area contributed by atoms with Crippen LogP contribution < -0.4 is 5.32 Å². The van der Waals surface area contributed by atoms with Crippen LogP contribution in [-0.4, -0.2) is 36.2 Å². The minimum atomic E-state index is -0.557. The third kappa shape index (κ3) is 4.12. The number of nitro groups is 1. The molecule has 2 N–H and O–H groups in total. The van der Waals surface area contributed by atoms with Crippen molar-refractivity contribution >= 4 is 17.5 Å². The number of nitrogens with one attached hydrogen (secondary N) is 2. The van der Waals surface area contributed by atoms with Crippen molar-refractivity contribution in [2.24, 2.45) is 0 Å². The highest BCUT2D eigenvalue weighted by Crippen LogP contribution is 2.22. The Hall–Kier alpha value is -2.25. The lowest BCUT2D eigenvalue weighted by Crippen LogP contribution is -2.28. The molecule has 118 valence electrons. The Labute approximate surface area is 128 Å². The summed E-state index contributed by atoms with van der Waals surface area (Å²) in [6.45, 7) is 4.81. The van der Waals surface area contributed by atoms with Gasteiger partial charge in [0.25, 0.3) is 5.69 Å². The molecule has 0 radical (unpaired) electrons. The van der Waals surface area contributed by atoms with E-state index in [4.69, 9.17) is 14.9 Å². The first-order valence-corrected chi connectivity index (χ1v) is 6.92. The zero-order chi connectivity index (χ0) is 16.2. The molecule has 7 heteroatoms. The highest BCUT2D eigenvalue weighted by Gasteiger charge is 2.32. The van der Waals surface area contributed by atoms with E-state index >= 15 is 0 Å². The molecular formula is C15H19N3O4. The lowest BCUT2D eigenvalue weighted by atomic mass is 10.1. The summed E-state index contributed by atoms with van der Waals surface area (Å²) in [6.07, 6.45) is 2.85. The van der Waals surface area contributed by atoms with Crippen molar-refractivity contribution in [2.75, 3.05) is 13.2 Å². The largest absolute Gasteiger partial charge is 0.388 e. The molecule has 0 amide bonds. The molecule has 7 nitrogen and oxygen atoms in total. The number of benzene rings is 1. The zero-order valence-corrected chi connectivity index (χ0v) is 12.5. The van der Waals surface area contributed by atoms with Crippen LogP contribution in [0.2, 0.25) is 0 Å². The quantitative estimate of drug-likeness (QED) is 0.477. The topological polar surface area (TPSA) is 97.5 Å². The van der Waals surface area contributed by atoms with Crippen LogP contribution >= 0.6 is 0 Å². The summed E-state index contributed by atoms with van der Waals surface area (Å²) in [5.41, 5.74) is 1.39. The van der Waals surface area contributed by atoms with Crippen molar-refractivity contribution in [2.45, 2.75) is 25.7 Å². The molecular weight excluding hydrogens is 286 g/mol. The highest BCUT2D eigenvalue weighted by atomic mass is 16.7. The lowest BCUT2D eigenvalue weighted by Gasteiger charge is -2.17. The number of non-ortho nitro benzene ring substituents is 1. The van der Waals surface area contributed by atoms with Gasteiger partial charge < -0.3 is 20.2 Å². The number of ether oxygens (including phenoxy) is 2. The molecule has 1 heterocycles. The second-order valence-corrected chi connectivity index (χ2v) is 5.41. The van der Waals surface area contributed by atoms with E-state index in [0.717, 1.165) is 5.56 Å². The van der Waals surface area contributed by atoms with Crippen molar-refractivity contribution in [3.63, 3.8) is 0 Å². The van der Waals surface area contributed by atoms with E-state index in [2.05, 4.69) is 5.32 Å². The van der Waals surface area contributed by atoms with Gasteiger partial charge in [-0.2, -0.15) is 0 Å². The summed E-state index contributed by atoms with van der Waals surface area (Å²) in [4.78, 5) is 10.2. The summed E-state index contributed by atoms with van der Waals surface area (Å²) in [7, 11) is 0. The summed E-state index contributed by atoms with van der Waals surface area (Å²) in [6, 6.07) is 6.08. The molecule has 0 saturated carbocycles.